The molecule has 1 fully saturated rings. The third-order valence-corrected chi connectivity index (χ3v) is 4.29. The smallest absolute Gasteiger partial charge is 0.389 e. The van der Waals surface area contributed by atoms with Crippen LogP contribution >= 0.6 is 28.3 Å². The predicted octanol–water partition coefficient (Wildman–Crippen LogP) is 3.87. The van der Waals surface area contributed by atoms with Crippen molar-refractivity contribution in [3.63, 3.8) is 0 Å². The van der Waals surface area contributed by atoms with Crippen LogP contribution in [0.5, 0.6) is 5.75 Å². The molecule has 0 amide bonds. The fourth-order valence-corrected chi connectivity index (χ4v) is 2.98. The SMILES string of the molecule is Cl.Oc1ccc([C@@H](CCC(F)(F)F)N2CCNCC2)cc1Br. The largest absolute Gasteiger partial charge is 0.507 e. The molecule has 2 N–H and O–H groups in total. The molecule has 0 aliphatic carbocycles. The van der Waals surface area contributed by atoms with Gasteiger partial charge in [0, 0.05) is 38.6 Å². The van der Waals surface area contributed by atoms with Crippen molar-refractivity contribution in [2.45, 2.75) is 25.1 Å². The Morgan fingerprint density at radius 3 is 2.45 bits per heavy atom. The zero-order valence-electron chi connectivity index (χ0n) is 11.9. The summed E-state index contributed by atoms with van der Waals surface area (Å²) in [6, 6.07) is 4.63. The third kappa shape index (κ3) is 5.61. The lowest BCUT2D eigenvalue weighted by Crippen LogP contribution is -2.45. The molecule has 1 heterocycles. The Morgan fingerprint density at radius 2 is 1.91 bits per heavy atom. The second-order valence-electron chi connectivity index (χ2n) is 5.17. The molecule has 1 atom stereocenters. The van der Waals surface area contributed by atoms with Crippen LogP contribution in [-0.2, 0) is 0 Å². The molecule has 126 valence electrons. The first-order valence-corrected chi connectivity index (χ1v) is 7.66. The van der Waals surface area contributed by atoms with Crippen LogP contribution in [0.1, 0.15) is 24.4 Å². The summed E-state index contributed by atoms with van der Waals surface area (Å²) in [5, 5.41) is 12.7. The first-order chi connectivity index (χ1) is 9.87. The standard InChI is InChI=1S/C14H18BrF3N2O.ClH/c15-11-9-10(1-2-13(11)21)12(3-4-14(16,17)18)20-7-5-19-6-8-20;/h1-2,9,12,19,21H,3-8H2;1H/t12-;/m1./s1. The van der Waals surface area contributed by atoms with Gasteiger partial charge in [0.1, 0.15) is 5.75 Å². The summed E-state index contributed by atoms with van der Waals surface area (Å²) in [5.41, 5.74) is 0.797. The quantitative estimate of drug-likeness (QED) is 0.801. The Kier molecular flexibility index (Phi) is 7.45. The first kappa shape index (κ1) is 19.5. The molecule has 0 unspecified atom stereocenters. The number of phenolic OH excluding ortho intramolecular Hbond substituents is 1. The molecule has 8 heteroatoms. The average Bonchev–Trinajstić information content (AvgIpc) is 2.43. The van der Waals surface area contributed by atoms with E-state index in [4.69, 9.17) is 0 Å². The molecule has 0 radical (unpaired) electrons. The minimum Gasteiger partial charge on any atom is -0.507 e. The van der Waals surface area contributed by atoms with Gasteiger partial charge in [-0.25, -0.2) is 0 Å². The molecule has 3 nitrogen and oxygen atoms in total. The Bertz CT molecular complexity index is 482. The van der Waals surface area contributed by atoms with E-state index in [9.17, 15) is 18.3 Å². The van der Waals surface area contributed by atoms with Crippen LogP contribution in [0.2, 0.25) is 0 Å². The topological polar surface area (TPSA) is 35.5 Å². The molecule has 22 heavy (non-hydrogen) atoms. The van der Waals surface area contributed by atoms with Crippen LogP contribution in [0, 0.1) is 0 Å². The summed E-state index contributed by atoms with van der Waals surface area (Å²) in [6.07, 6.45) is -4.93. The number of hydrogen-bond donors (Lipinski definition) is 2. The Balaban J connectivity index is 0.00000242. The summed E-state index contributed by atoms with van der Waals surface area (Å²) in [7, 11) is 0. The van der Waals surface area contributed by atoms with Gasteiger partial charge in [-0.1, -0.05) is 6.07 Å². The number of nitrogens with zero attached hydrogens (tertiary/aromatic N) is 1. The summed E-state index contributed by atoms with van der Waals surface area (Å²) in [5.74, 6) is 0.0913. The second-order valence-corrected chi connectivity index (χ2v) is 6.02. The van der Waals surface area contributed by atoms with Crippen LogP contribution in [0.15, 0.2) is 22.7 Å². The molecule has 1 aliphatic rings. The number of hydrogen-bond acceptors (Lipinski definition) is 3. The van der Waals surface area contributed by atoms with E-state index in [0.29, 0.717) is 4.47 Å². The molecule has 1 aromatic rings. The normalized spacial score (nSPS) is 17.8. The fraction of sp³-hybridized carbons (Fsp3) is 0.571. The molecule has 1 aromatic carbocycles. The number of aromatic hydroxyl groups is 1. The molecule has 2 rings (SSSR count). The second kappa shape index (κ2) is 8.38. The van der Waals surface area contributed by atoms with Gasteiger partial charge in [-0.3, -0.25) is 4.90 Å². The maximum absolute atomic E-state index is 12.6. The summed E-state index contributed by atoms with van der Waals surface area (Å²) in [4.78, 5) is 2.07. The maximum atomic E-state index is 12.6. The number of benzene rings is 1. The van der Waals surface area contributed by atoms with Crippen molar-refractivity contribution in [3.05, 3.63) is 28.2 Å². The predicted molar refractivity (Wildman–Crippen MR) is 85.5 cm³/mol. The number of halogens is 5. The van der Waals surface area contributed by atoms with E-state index in [0.717, 1.165) is 31.7 Å². The molecule has 0 bridgehead atoms. The molecule has 0 aromatic heterocycles. The first-order valence-electron chi connectivity index (χ1n) is 6.87. The van der Waals surface area contributed by atoms with Crippen LogP contribution in [-0.4, -0.2) is 42.4 Å². The van der Waals surface area contributed by atoms with Gasteiger partial charge < -0.3 is 10.4 Å². The van der Waals surface area contributed by atoms with E-state index >= 15 is 0 Å². The van der Waals surface area contributed by atoms with Crippen LogP contribution in [0.3, 0.4) is 0 Å². The Morgan fingerprint density at radius 1 is 1.27 bits per heavy atom. The van der Waals surface area contributed by atoms with Crippen molar-refractivity contribution in [3.8, 4) is 5.75 Å². The van der Waals surface area contributed by atoms with Crippen molar-refractivity contribution in [1.29, 1.82) is 0 Å². The minimum absolute atomic E-state index is 0. The minimum atomic E-state index is -4.15. The van der Waals surface area contributed by atoms with E-state index < -0.39 is 12.6 Å². The van der Waals surface area contributed by atoms with Crippen LogP contribution < -0.4 is 5.32 Å². The summed E-state index contributed by atoms with van der Waals surface area (Å²) >= 11 is 3.23. The number of rotatable bonds is 4. The highest BCUT2D eigenvalue weighted by molar-refractivity contribution is 9.10. The monoisotopic (exact) mass is 402 g/mol. The van der Waals surface area contributed by atoms with Gasteiger partial charge in [0.2, 0.25) is 0 Å². The van der Waals surface area contributed by atoms with Gasteiger partial charge in [-0.05, 0) is 40.0 Å². The van der Waals surface area contributed by atoms with Crippen LogP contribution in [0.4, 0.5) is 13.2 Å². The van der Waals surface area contributed by atoms with Crippen molar-refractivity contribution in [2.24, 2.45) is 0 Å². The lowest BCUT2D eigenvalue weighted by atomic mass is 9.99. The highest BCUT2D eigenvalue weighted by Crippen LogP contribution is 2.34. The molecular formula is C14H19BrClF3N2O. The molecular weight excluding hydrogens is 385 g/mol. The number of nitrogens with one attached hydrogen (secondary N) is 1. The van der Waals surface area contributed by atoms with E-state index in [2.05, 4.69) is 26.1 Å². The zero-order chi connectivity index (χ0) is 15.5. The number of phenols is 1. The maximum Gasteiger partial charge on any atom is 0.389 e. The highest BCUT2D eigenvalue weighted by atomic mass is 79.9. The highest BCUT2D eigenvalue weighted by Gasteiger charge is 2.31. The number of piperazine rings is 1. The Hall–Kier alpha value is -0.500. The van der Waals surface area contributed by atoms with E-state index in [1.165, 1.54) is 6.07 Å². The lowest BCUT2D eigenvalue weighted by Gasteiger charge is -2.35. The molecule has 0 saturated carbocycles. The van der Waals surface area contributed by atoms with E-state index in [1.54, 1.807) is 12.1 Å². The van der Waals surface area contributed by atoms with Gasteiger partial charge >= 0.3 is 6.18 Å². The van der Waals surface area contributed by atoms with Gasteiger partial charge in [0.15, 0.2) is 0 Å². The van der Waals surface area contributed by atoms with Crippen molar-refractivity contribution < 1.29 is 18.3 Å². The summed E-state index contributed by atoms with van der Waals surface area (Å²) < 4.78 is 38.2. The number of alkyl halides is 3. The molecule has 1 aliphatic heterocycles. The van der Waals surface area contributed by atoms with Crippen molar-refractivity contribution >= 4 is 28.3 Å². The summed E-state index contributed by atoms with van der Waals surface area (Å²) in [6.45, 7) is 3.01. The van der Waals surface area contributed by atoms with E-state index in [1.807, 2.05) is 0 Å². The van der Waals surface area contributed by atoms with Crippen molar-refractivity contribution in [1.82, 2.24) is 10.2 Å². The fourth-order valence-electron chi connectivity index (χ4n) is 2.58. The van der Waals surface area contributed by atoms with Gasteiger partial charge in [-0.2, -0.15) is 13.2 Å². The van der Waals surface area contributed by atoms with Gasteiger partial charge in [0.05, 0.1) is 4.47 Å². The third-order valence-electron chi connectivity index (χ3n) is 3.65. The molecule has 1 saturated heterocycles. The Labute approximate surface area is 142 Å². The molecule has 0 spiro atoms. The van der Waals surface area contributed by atoms with Crippen LogP contribution in [0.25, 0.3) is 0 Å². The van der Waals surface area contributed by atoms with Gasteiger partial charge in [-0.15, -0.1) is 12.4 Å². The lowest BCUT2D eigenvalue weighted by molar-refractivity contribution is -0.138. The van der Waals surface area contributed by atoms with Gasteiger partial charge in [0.25, 0.3) is 0 Å². The van der Waals surface area contributed by atoms with Crippen molar-refractivity contribution in [2.75, 3.05) is 26.2 Å². The average molecular weight is 404 g/mol. The zero-order valence-corrected chi connectivity index (χ0v) is 14.3. The van der Waals surface area contributed by atoms with E-state index in [-0.39, 0.29) is 30.6 Å².